The molecule has 1 N–H and O–H groups in total. The zero-order valence-electron chi connectivity index (χ0n) is 12.2. The number of aromatic nitrogens is 1. The first-order chi connectivity index (χ1) is 10.7. The second-order valence-electron chi connectivity index (χ2n) is 5.50. The van der Waals surface area contributed by atoms with Crippen LogP contribution in [-0.4, -0.2) is 24.6 Å². The van der Waals surface area contributed by atoms with Crippen molar-refractivity contribution in [1.82, 2.24) is 4.98 Å². The molecule has 1 aliphatic rings. The Bertz CT molecular complexity index is 678. The maximum atomic E-state index is 13.0. The van der Waals surface area contributed by atoms with Crippen molar-refractivity contribution < 1.29 is 4.39 Å². The molecule has 0 unspecified atom stereocenters. The Morgan fingerprint density at radius 1 is 1.32 bits per heavy atom. The number of pyridine rings is 1. The molecular weight excluding hydrogens is 279 g/mol. The molecule has 0 spiro atoms. The summed E-state index contributed by atoms with van der Waals surface area (Å²) in [4.78, 5) is 6.49. The summed E-state index contributed by atoms with van der Waals surface area (Å²) in [5.74, 6) is 1.04. The van der Waals surface area contributed by atoms with Crippen LogP contribution >= 0.6 is 0 Å². The van der Waals surface area contributed by atoms with E-state index in [1.165, 1.54) is 12.1 Å². The van der Waals surface area contributed by atoms with Gasteiger partial charge in [-0.15, -0.1) is 0 Å². The molecule has 1 saturated heterocycles. The number of nitrogens with one attached hydrogen (secondary N) is 1. The lowest BCUT2D eigenvalue weighted by Gasteiger charge is -2.19. The van der Waals surface area contributed by atoms with E-state index in [4.69, 9.17) is 5.26 Å². The molecule has 0 bridgehead atoms. The predicted molar refractivity (Wildman–Crippen MR) is 84.2 cm³/mol. The average molecular weight is 296 g/mol. The fourth-order valence-electron chi connectivity index (χ4n) is 2.73. The zero-order chi connectivity index (χ0) is 15.4. The SMILES string of the molecule is N#Cc1ccnc(NC[C@H]2CCN(c3ccc(F)cc3)C2)c1. The number of hydrogen-bond acceptors (Lipinski definition) is 4. The van der Waals surface area contributed by atoms with Gasteiger partial charge in [0.2, 0.25) is 0 Å². The minimum Gasteiger partial charge on any atom is -0.371 e. The van der Waals surface area contributed by atoms with Crippen LogP contribution < -0.4 is 10.2 Å². The number of nitriles is 1. The number of benzene rings is 1. The highest BCUT2D eigenvalue weighted by molar-refractivity contribution is 5.47. The van der Waals surface area contributed by atoms with Crippen LogP contribution in [0.3, 0.4) is 0 Å². The van der Waals surface area contributed by atoms with Gasteiger partial charge in [0.05, 0.1) is 11.6 Å². The predicted octanol–water partition coefficient (Wildman–Crippen LogP) is 3.03. The van der Waals surface area contributed by atoms with Crippen molar-refractivity contribution in [2.45, 2.75) is 6.42 Å². The standard InChI is InChI=1S/C17H17FN4/c18-15-1-3-16(4-2-15)22-8-6-14(12-22)11-21-17-9-13(10-19)5-7-20-17/h1-5,7,9,14H,6,8,11-12H2,(H,20,21)/t14-/m1/s1. The molecule has 1 atom stereocenters. The van der Waals surface area contributed by atoms with E-state index in [-0.39, 0.29) is 5.82 Å². The van der Waals surface area contributed by atoms with Crippen LogP contribution in [0.1, 0.15) is 12.0 Å². The maximum Gasteiger partial charge on any atom is 0.127 e. The minimum atomic E-state index is -0.204. The largest absolute Gasteiger partial charge is 0.371 e. The van der Waals surface area contributed by atoms with Gasteiger partial charge >= 0.3 is 0 Å². The molecule has 0 amide bonds. The highest BCUT2D eigenvalue weighted by atomic mass is 19.1. The van der Waals surface area contributed by atoms with Crippen molar-refractivity contribution in [2.24, 2.45) is 5.92 Å². The molecule has 0 radical (unpaired) electrons. The van der Waals surface area contributed by atoms with Gasteiger partial charge in [-0.2, -0.15) is 5.26 Å². The molecule has 22 heavy (non-hydrogen) atoms. The van der Waals surface area contributed by atoms with Crippen LogP contribution in [0.2, 0.25) is 0 Å². The molecule has 5 heteroatoms. The van der Waals surface area contributed by atoms with Gasteiger partial charge in [-0.05, 0) is 48.7 Å². The van der Waals surface area contributed by atoms with Crippen molar-refractivity contribution in [3.05, 3.63) is 54.0 Å². The zero-order valence-corrected chi connectivity index (χ0v) is 12.2. The first-order valence-electron chi connectivity index (χ1n) is 7.35. The van der Waals surface area contributed by atoms with Crippen molar-refractivity contribution in [1.29, 1.82) is 5.26 Å². The van der Waals surface area contributed by atoms with Gasteiger partial charge in [0.1, 0.15) is 11.6 Å². The summed E-state index contributed by atoms with van der Waals surface area (Å²) in [5, 5.41) is 12.2. The number of rotatable bonds is 4. The van der Waals surface area contributed by atoms with E-state index in [1.807, 2.05) is 12.1 Å². The van der Waals surface area contributed by atoms with Crippen LogP contribution in [0.5, 0.6) is 0 Å². The van der Waals surface area contributed by atoms with Crippen LogP contribution in [0, 0.1) is 23.1 Å². The van der Waals surface area contributed by atoms with Gasteiger partial charge in [-0.3, -0.25) is 0 Å². The summed E-state index contributed by atoms with van der Waals surface area (Å²) in [5.41, 5.74) is 1.67. The third kappa shape index (κ3) is 3.34. The Hall–Kier alpha value is -2.61. The maximum absolute atomic E-state index is 13.0. The number of halogens is 1. The van der Waals surface area contributed by atoms with Crippen LogP contribution in [0.15, 0.2) is 42.6 Å². The molecule has 3 rings (SSSR count). The summed E-state index contributed by atoms with van der Waals surface area (Å²) in [7, 11) is 0. The molecule has 1 aliphatic heterocycles. The first-order valence-corrected chi connectivity index (χ1v) is 7.35. The monoisotopic (exact) mass is 296 g/mol. The molecule has 2 heterocycles. The topological polar surface area (TPSA) is 52.0 Å². The Balaban J connectivity index is 1.55. The van der Waals surface area contributed by atoms with Crippen molar-refractivity contribution in [3.8, 4) is 6.07 Å². The minimum absolute atomic E-state index is 0.204. The Morgan fingerprint density at radius 3 is 2.91 bits per heavy atom. The third-order valence-corrected chi connectivity index (χ3v) is 3.94. The van der Waals surface area contributed by atoms with Crippen molar-refractivity contribution >= 4 is 11.5 Å². The summed E-state index contributed by atoms with van der Waals surface area (Å²) in [6, 6.07) is 12.2. The third-order valence-electron chi connectivity index (χ3n) is 3.94. The Kier molecular flexibility index (Phi) is 4.19. The molecule has 0 aliphatic carbocycles. The van der Waals surface area contributed by atoms with Gasteiger partial charge in [-0.25, -0.2) is 9.37 Å². The van der Waals surface area contributed by atoms with E-state index in [9.17, 15) is 4.39 Å². The van der Waals surface area contributed by atoms with Crippen LogP contribution in [0.25, 0.3) is 0 Å². The van der Waals surface area contributed by atoms with Crippen molar-refractivity contribution in [2.75, 3.05) is 29.9 Å². The van der Waals surface area contributed by atoms with Crippen molar-refractivity contribution in [3.63, 3.8) is 0 Å². The van der Waals surface area contributed by atoms with Gasteiger partial charge in [0.25, 0.3) is 0 Å². The quantitative estimate of drug-likeness (QED) is 0.942. The molecule has 4 nitrogen and oxygen atoms in total. The molecule has 1 aromatic carbocycles. The lowest BCUT2D eigenvalue weighted by Crippen LogP contribution is -2.22. The van der Waals surface area contributed by atoms with E-state index in [1.54, 1.807) is 18.3 Å². The smallest absolute Gasteiger partial charge is 0.127 e. The second-order valence-corrected chi connectivity index (χ2v) is 5.50. The van der Waals surface area contributed by atoms with E-state index in [0.29, 0.717) is 11.5 Å². The second kappa shape index (κ2) is 6.44. The summed E-state index contributed by atoms with van der Waals surface area (Å²) >= 11 is 0. The molecule has 112 valence electrons. The molecule has 2 aromatic rings. The number of anilines is 2. The lowest BCUT2D eigenvalue weighted by molar-refractivity contribution is 0.620. The van der Waals surface area contributed by atoms with Gasteiger partial charge < -0.3 is 10.2 Å². The lowest BCUT2D eigenvalue weighted by atomic mass is 10.1. The van der Waals surface area contributed by atoms with Gasteiger partial charge in [0.15, 0.2) is 0 Å². The fraction of sp³-hybridized carbons (Fsp3) is 0.294. The van der Waals surface area contributed by atoms with E-state index < -0.39 is 0 Å². The fourth-order valence-corrected chi connectivity index (χ4v) is 2.73. The van der Waals surface area contributed by atoms with Crippen LogP contribution in [-0.2, 0) is 0 Å². The highest BCUT2D eigenvalue weighted by Crippen LogP contribution is 2.24. The molecule has 0 saturated carbocycles. The molecule has 1 aromatic heterocycles. The number of hydrogen-bond donors (Lipinski definition) is 1. The number of nitrogens with zero attached hydrogens (tertiary/aromatic N) is 3. The normalized spacial score (nSPS) is 17.3. The Labute approximate surface area is 129 Å². The Morgan fingerprint density at radius 2 is 2.14 bits per heavy atom. The first kappa shape index (κ1) is 14.3. The van der Waals surface area contributed by atoms with Crippen LogP contribution in [0.4, 0.5) is 15.9 Å². The summed E-state index contributed by atoms with van der Waals surface area (Å²) in [6.07, 6.45) is 2.72. The van der Waals surface area contributed by atoms with Gasteiger partial charge in [-0.1, -0.05) is 0 Å². The average Bonchev–Trinajstić information content (AvgIpc) is 3.03. The van der Waals surface area contributed by atoms with Gasteiger partial charge in [0, 0.05) is 31.5 Å². The van der Waals surface area contributed by atoms with E-state index >= 15 is 0 Å². The summed E-state index contributed by atoms with van der Waals surface area (Å²) < 4.78 is 13.0. The van der Waals surface area contributed by atoms with E-state index in [2.05, 4.69) is 21.3 Å². The highest BCUT2D eigenvalue weighted by Gasteiger charge is 2.22. The summed E-state index contributed by atoms with van der Waals surface area (Å²) in [6.45, 7) is 2.74. The molecular formula is C17H17FN4. The van der Waals surface area contributed by atoms with E-state index in [0.717, 1.165) is 37.6 Å². The molecule has 1 fully saturated rings.